The van der Waals surface area contributed by atoms with E-state index in [9.17, 15) is 18.4 Å². The maximum absolute atomic E-state index is 14.4. The molecular weight excluding hydrogens is 420 g/mol. The number of para-hydroxylation sites is 2. The maximum Gasteiger partial charge on any atom is 0.483 e. The lowest BCUT2D eigenvalue weighted by Gasteiger charge is -2.34. The first-order valence-electron chi connectivity index (χ1n) is 10.2. The molecule has 2 heterocycles. The molecule has 1 aliphatic heterocycles. The van der Waals surface area contributed by atoms with E-state index in [2.05, 4.69) is 4.98 Å². The van der Waals surface area contributed by atoms with E-state index in [4.69, 9.17) is 9.47 Å². The standard InChI is InChI=1S/C23H23F2N3O4/c1-5-14-8-6-11-17-19(14)31-23(24,25)20(29)27(17)12-15-9-7-10-16-18(15)26-13-28(16)21(30)32-22(2,3)4/h6-11,13H,5,12H2,1-4H3. The Bertz CT molecular complexity index is 1210. The summed E-state index contributed by atoms with van der Waals surface area (Å²) in [5.41, 5.74) is 1.51. The Morgan fingerprint density at radius 2 is 1.84 bits per heavy atom. The maximum atomic E-state index is 14.4. The summed E-state index contributed by atoms with van der Waals surface area (Å²) in [6.07, 6.45) is -2.80. The van der Waals surface area contributed by atoms with Crippen LogP contribution in [0.3, 0.4) is 0 Å². The van der Waals surface area contributed by atoms with E-state index in [-0.39, 0.29) is 18.0 Å². The molecule has 0 N–H and O–H groups in total. The van der Waals surface area contributed by atoms with Crippen LogP contribution in [0, 0.1) is 0 Å². The van der Waals surface area contributed by atoms with Crippen LogP contribution in [0.4, 0.5) is 19.3 Å². The van der Waals surface area contributed by atoms with Gasteiger partial charge in [0.1, 0.15) is 11.9 Å². The van der Waals surface area contributed by atoms with Gasteiger partial charge in [-0.1, -0.05) is 31.2 Å². The van der Waals surface area contributed by atoms with E-state index < -0.39 is 23.7 Å². The number of carbonyl (C=O) groups excluding carboxylic acids is 2. The predicted molar refractivity (Wildman–Crippen MR) is 114 cm³/mol. The smallest absolute Gasteiger partial charge is 0.443 e. The number of aromatic nitrogens is 2. The average molecular weight is 443 g/mol. The Hall–Kier alpha value is -3.49. The molecule has 0 unspecified atom stereocenters. The third-order valence-corrected chi connectivity index (χ3v) is 5.05. The number of halogens is 2. The Kier molecular flexibility index (Phi) is 5.15. The number of nitrogens with zero attached hydrogens (tertiary/aromatic N) is 3. The summed E-state index contributed by atoms with van der Waals surface area (Å²) in [5.74, 6) is -1.46. The monoisotopic (exact) mass is 443 g/mol. The number of hydrogen-bond acceptors (Lipinski definition) is 5. The first-order valence-corrected chi connectivity index (χ1v) is 10.2. The molecule has 0 atom stereocenters. The van der Waals surface area contributed by atoms with Crippen molar-refractivity contribution in [1.29, 1.82) is 0 Å². The zero-order chi connectivity index (χ0) is 23.3. The number of amides is 1. The normalized spacial score (nSPS) is 15.4. The van der Waals surface area contributed by atoms with Crippen LogP contribution < -0.4 is 9.64 Å². The molecule has 9 heteroatoms. The molecule has 0 spiro atoms. The second-order valence-corrected chi connectivity index (χ2v) is 8.51. The van der Waals surface area contributed by atoms with Gasteiger partial charge in [0, 0.05) is 0 Å². The Labute approximate surface area is 183 Å². The van der Waals surface area contributed by atoms with Crippen LogP contribution in [0.2, 0.25) is 0 Å². The average Bonchev–Trinajstić information content (AvgIpc) is 3.15. The molecule has 0 radical (unpaired) electrons. The number of imidazole rings is 1. The molecule has 3 aromatic rings. The molecule has 168 valence electrons. The number of aryl methyl sites for hydroxylation is 1. The van der Waals surface area contributed by atoms with Crippen molar-refractivity contribution in [1.82, 2.24) is 9.55 Å². The lowest BCUT2D eigenvalue weighted by Crippen LogP contribution is -2.50. The van der Waals surface area contributed by atoms with Gasteiger partial charge in [0.15, 0.2) is 5.75 Å². The largest absolute Gasteiger partial charge is 0.483 e. The molecule has 1 aliphatic rings. The summed E-state index contributed by atoms with van der Waals surface area (Å²) in [6.45, 7) is 6.91. The highest BCUT2D eigenvalue weighted by Crippen LogP contribution is 2.42. The van der Waals surface area contributed by atoms with Gasteiger partial charge in [-0.15, -0.1) is 0 Å². The van der Waals surface area contributed by atoms with Gasteiger partial charge < -0.3 is 9.47 Å². The summed E-state index contributed by atoms with van der Waals surface area (Å²) in [4.78, 5) is 30.4. The number of alkyl halides is 2. The van der Waals surface area contributed by atoms with Crippen molar-refractivity contribution >= 4 is 28.7 Å². The number of rotatable bonds is 3. The van der Waals surface area contributed by atoms with Crippen molar-refractivity contribution in [2.24, 2.45) is 0 Å². The first kappa shape index (κ1) is 21.7. The van der Waals surface area contributed by atoms with E-state index in [0.717, 1.165) is 4.90 Å². The summed E-state index contributed by atoms with van der Waals surface area (Å²) >= 11 is 0. The quantitative estimate of drug-likeness (QED) is 0.576. The molecule has 2 aromatic carbocycles. The Balaban J connectivity index is 1.76. The number of carbonyl (C=O) groups is 2. The highest BCUT2D eigenvalue weighted by molar-refractivity contribution is 6.01. The number of ether oxygens (including phenoxy) is 2. The van der Waals surface area contributed by atoms with Crippen LogP contribution >= 0.6 is 0 Å². The SMILES string of the molecule is CCc1cccc2c1OC(F)(F)C(=O)N2Cc1cccc2c1ncn2C(=O)OC(C)(C)C. The van der Waals surface area contributed by atoms with Crippen molar-refractivity contribution in [3.05, 3.63) is 53.9 Å². The lowest BCUT2D eigenvalue weighted by molar-refractivity contribution is -0.193. The van der Waals surface area contributed by atoms with E-state index in [1.807, 2.05) is 6.92 Å². The van der Waals surface area contributed by atoms with E-state index >= 15 is 0 Å². The van der Waals surface area contributed by atoms with Gasteiger partial charge in [-0.2, -0.15) is 8.78 Å². The van der Waals surface area contributed by atoms with Gasteiger partial charge >= 0.3 is 18.1 Å². The zero-order valence-electron chi connectivity index (χ0n) is 18.2. The Morgan fingerprint density at radius 3 is 2.53 bits per heavy atom. The van der Waals surface area contributed by atoms with Gasteiger partial charge in [-0.3, -0.25) is 9.69 Å². The number of fused-ring (bicyclic) bond motifs is 2. The molecule has 0 aliphatic carbocycles. The van der Waals surface area contributed by atoms with Crippen molar-refractivity contribution in [3.8, 4) is 5.75 Å². The number of hydrogen-bond donors (Lipinski definition) is 0. The molecule has 0 fully saturated rings. The van der Waals surface area contributed by atoms with E-state index in [1.165, 1.54) is 10.9 Å². The second kappa shape index (κ2) is 7.58. The van der Waals surface area contributed by atoms with Crippen molar-refractivity contribution < 1.29 is 27.8 Å². The molecular formula is C23H23F2N3O4. The van der Waals surface area contributed by atoms with Crippen molar-refractivity contribution in [2.75, 3.05) is 4.90 Å². The van der Waals surface area contributed by atoms with Gasteiger partial charge in [0.05, 0.1) is 23.3 Å². The minimum absolute atomic E-state index is 0.00828. The highest BCUT2D eigenvalue weighted by Gasteiger charge is 2.51. The number of benzene rings is 2. The summed E-state index contributed by atoms with van der Waals surface area (Å²) in [5, 5.41) is 0. The molecule has 1 amide bonds. The topological polar surface area (TPSA) is 73.7 Å². The highest BCUT2D eigenvalue weighted by atomic mass is 19.3. The van der Waals surface area contributed by atoms with Crippen LogP contribution in [0.5, 0.6) is 5.75 Å². The van der Waals surface area contributed by atoms with Crippen LogP contribution in [0.1, 0.15) is 38.8 Å². The lowest BCUT2D eigenvalue weighted by atomic mass is 10.1. The molecule has 32 heavy (non-hydrogen) atoms. The third-order valence-electron chi connectivity index (χ3n) is 5.05. The van der Waals surface area contributed by atoms with Crippen LogP contribution in [0.25, 0.3) is 11.0 Å². The van der Waals surface area contributed by atoms with Crippen LogP contribution in [-0.2, 0) is 22.5 Å². The molecule has 0 bridgehead atoms. The van der Waals surface area contributed by atoms with Crippen LogP contribution in [-0.4, -0.2) is 33.3 Å². The third kappa shape index (κ3) is 3.79. The summed E-state index contributed by atoms with van der Waals surface area (Å²) in [7, 11) is 0. The fourth-order valence-corrected chi connectivity index (χ4v) is 3.63. The zero-order valence-corrected chi connectivity index (χ0v) is 18.2. The van der Waals surface area contributed by atoms with Crippen molar-refractivity contribution in [2.45, 2.75) is 52.4 Å². The summed E-state index contributed by atoms with van der Waals surface area (Å²) in [6, 6.07) is 9.98. The minimum atomic E-state index is -3.98. The Morgan fingerprint density at radius 1 is 1.16 bits per heavy atom. The van der Waals surface area contributed by atoms with Gasteiger partial charge in [-0.25, -0.2) is 14.3 Å². The van der Waals surface area contributed by atoms with Gasteiger partial charge in [0.2, 0.25) is 0 Å². The van der Waals surface area contributed by atoms with Crippen molar-refractivity contribution in [3.63, 3.8) is 0 Å². The molecule has 1 aromatic heterocycles. The predicted octanol–water partition coefficient (Wildman–Crippen LogP) is 4.90. The fraction of sp³-hybridized carbons (Fsp3) is 0.348. The molecule has 0 saturated carbocycles. The summed E-state index contributed by atoms with van der Waals surface area (Å²) < 4.78 is 40.3. The molecule has 4 rings (SSSR count). The second-order valence-electron chi connectivity index (χ2n) is 8.51. The molecule has 0 saturated heterocycles. The molecule has 7 nitrogen and oxygen atoms in total. The van der Waals surface area contributed by atoms with E-state index in [0.29, 0.717) is 28.6 Å². The van der Waals surface area contributed by atoms with Gasteiger partial charge in [0.25, 0.3) is 0 Å². The minimum Gasteiger partial charge on any atom is -0.443 e. The van der Waals surface area contributed by atoms with Crippen LogP contribution in [0.15, 0.2) is 42.7 Å². The van der Waals surface area contributed by atoms with Gasteiger partial charge in [-0.05, 0) is 50.5 Å². The number of anilines is 1. The van der Waals surface area contributed by atoms with E-state index in [1.54, 1.807) is 57.2 Å². The first-order chi connectivity index (χ1) is 15.0. The fourth-order valence-electron chi connectivity index (χ4n) is 3.63.